The van der Waals surface area contributed by atoms with E-state index < -0.39 is 0 Å². The number of hydrogen-bond acceptors (Lipinski definition) is 4. The molecule has 1 aliphatic heterocycles. The first-order valence-corrected chi connectivity index (χ1v) is 7.34. The average molecular weight is 335 g/mol. The van der Waals surface area contributed by atoms with Crippen LogP contribution < -0.4 is 15.8 Å². The summed E-state index contributed by atoms with van der Waals surface area (Å²) in [6.45, 7) is 3.38. The number of hydrogen-bond donors (Lipinski definition) is 1. The van der Waals surface area contributed by atoms with Crippen molar-refractivity contribution in [1.29, 1.82) is 0 Å². The van der Waals surface area contributed by atoms with E-state index in [-0.39, 0.29) is 5.56 Å². The molecular weight excluding hydrogens is 320 g/mol. The van der Waals surface area contributed by atoms with Gasteiger partial charge in [-0.05, 0) is 18.2 Å². The number of benzene rings is 1. The molecular formula is C14H15BrN4O. The number of halogens is 1. The Balaban J connectivity index is 2.03. The molecule has 0 spiro atoms. The van der Waals surface area contributed by atoms with E-state index >= 15 is 0 Å². The van der Waals surface area contributed by atoms with Gasteiger partial charge in [0.05, 0.1) is 0 Å². The smallest absolute Gasteiger partial charge is 0.298 e. The Morgan fingerprint density at radius 2 is 2.05 bits per heavy atom. The lowest BCUT2D eigenvalue weighted by atomic mass is 10.3. The fourth-order valence-electron chi connectivity index (χ4n) is 2.32. The second-order valence-electron chi connectivity index (χ2n) is 4.64. The summed E-state index contributed by atoms with van der Waals surface area (Å²) in [4.78, 5) is 18.9. The third-order valence-electron chi connectivity index (χ3n) is 3.33. The third kappa shape index (κ3) is 2.62. The minimum Gasteiger partial charge on any atom is -0.349 e. The van der Waals surface area contributed by atoms with Crippen LogP contribution in [0.3, 0.4) is 0 Å². The number of nitrogens with one attached hydrogen (secondary N) is 1. The predicted octanol–water partition coefficient (Wildman–Crippen LogP) is 1.40. The molecule has 1 aromatic heterocycles. The molecule has 1 aliphatic rings. The Hall–Kier alpha value is -1.66. The van der Waals surface area contributed by atoms with Crippen LogP contribution in [0.25, 0.3) is 5.69 Å². The van der Waals surface area contributed by atoms with E-state index in [1.54, 1.807) is 17.0 Å². The molecule has 0 amide bonds. The van der Waals surface area contributed by atoms with Crippen molar-refractivity contribution in [2.75, 3.05) is 31.1 Å². The van der Waals surface area contributed by atoms with Crippen LogP contribution in [0.1, 0.15) is 0 Å². The van der Waals surface area contributed by atoms with Crippen LogP contribution in [0.5, 0.6) is 0 Å². The highest BCUT2D eigenvalue weighted by atomic mass is 79.9. The lowest BCUT2D eigenvalue weighted by Crippen LogP contribution is -2.46. The Morgan fingerprint density at radius 1 is 1.25 bits per heavy atom. The van der Waals surface area contributed by atoms with Gasteiger partial charge in [-0.15, -0.1) is 0 Å². The van der Waals surface area contributed by atoms with Crippen molar-refractivity contribution < 1.29 is 0 Å². The largest absolute Gasteiger partial charge is 0.349 e. The Kier molecular flexibility index (Phi) is 3.84. The van der Waals surface area contributed by atoms with Crippen LogP contribution in [-0.2, 0) is 0 Å². The second-order valence-corrected chi connectivity index (χ2v) is 5.56. The molecule has 0 radical (unpaired) electrons. The zero-order valence-electron chi connectivity index (χ0n) is 10.9. The summed E-state index contributed by atoms with van der Waals surface area (Å²) in [5, 5.41) is 3.27. The highest BCUT2D eigenvalue weighted by Crippen LogP contribution is 2.15. The molecule has 0 bridgehead atoms. The fourth-order valence-corrected chi connectivity index (χ4v) is 2.71. The second kappa shape index (κ2) is 5.76. The molecule has 2 aromatic rings. The van der Waals surface area contributed by atoms with Gasteiger partial charge < -0.3 is 10.2 Å². The van der Waals surface area contributed by atoms with E-state index in [1.807, 2.05) is 29.2 Å². The molecule has 3 rings (SSSR count). The van der Waals surface area contributed by atoms with Crippen LogP contribution in [0.15, 0.2) is 45.9 Å². The summed E-state index contributed by atoms with van der Waals surface area (Å²) in [6.07, 6.45) is 3.38. The van der Waals surface area contributed by atoms with Gasteiger partial charge in [0, 0.05) is 48.7 Å². The molecule has 1 saturated heterocycles. The van der Waals surface area contributed by atoms with Crippen LogP contribution in [0.4, 0.5) is 5.82 Å². The van der Waals surface area contributed by atoms with Crippen molar-refractivity contribution in [2.45, 2.75) is 0 Å². The number of piperazine rings is 1. The van der Waals surface area contributed by atoms with Crippen LogP contribution in [-0.4, -0.2) is 35.7 Å². The van der Waals surface area contributed by atoms with E-state index in [0.29, 0.717) is 5.82 Å². The number of anilines is 1. The normalized spacial score (nSPS) is 15.3. The maximum atomic E-state index is 12.6. The molecule has 5 nitrogen and oxygen atoms in total. The zero-order chi connectivity index (χ0) is 13.9. The SMILES string of the molecule is O=c1c(N2CCNCC2)nccn1-c1cccc(Br)c1. The molecule has 0 unspecified atom stereocenters. The van der Waals surface area contributed by atoms with Gasteiger partial charge in [-0.3, -0.25) is 9.36 Å². The number of rotatable bonds is 2. The predicted molar refractivity (Wildman–Crippen MR) is 82.6 cm³/mol. The van der Waals surface area contributed by atoms with Crippen molar-refractivity contribution in [3.8, 4) is 5.69 Å². The summed E-state index contributed by atoms with van der Waals surface area (Å²) in [5.41, 5.74) is 0.760. The number of nitrogens with zero attached hydrogens (tertiary/aromatic N) is 3. The minimum absolute atomic E-state index is 0.0764. The van der Waals surface area contributed by atoms with Crippen molar-refractivity contribution in [3.63, 3.8) is 0 Å². The first-order valence-electron chi connectivity index (χ1n) is 6.55. The van der Waals surface area contributed by atoms with Crippen molar-refractivity contribution in [1.82, 2.24) is 14.9 Å². The van der Waals surface area contributed by atoms with Crippen molar-refractivity contribution in [2.24, 2.45) is 0 Å². The molecule has 2 heterocycles. The summed E-state index contributed by atoms with van der Waals surface area (Å²) < 4.78 is 2.58. The Morgan fingerprint density at radius 3 is 2.80 bits per heavy atom. The monoisotopic (exact) mass is 334 g/mol. The molecule has 0 aliphatic carbocycles. The first kappa shape index (κ1) is 13.3. The van der Waals surface area contributed by atoms with Gasteiger partial charge in [0.2, 0.25) is 0 Å². The maximum absolute atomic E-state index is 12.6. The van der Waals surface area contributed by atoms with Gasteiger partial charge in [-0.1, -0.05) is 22.0 Å². The molecule has 104 valence electrons. The van der Waals surface area contributed by atoms with E-state index in [4.69, 9.17) is 0 Å². The summed E-state index contributed by atoms with van der Waals surface area (Å²) >= 11 is 3.43. The Labute approximate surface area is 125 Å². The van der Waals surface area contributed by atoms with Gasteiger partial charge in [-0.25, -0.2) is 4.98 Å². The van der Waals surface area contributed by atoms with Crippen molar-refractivity contribution in [3.05, 3.63) is 51.5 Å². The van der Waals surface area contributed by atoms with Crippen LogP contribution in [0.2, 0.25) is 0 Å². The molecule has 6 heteroatoms. The first-order chi connectivity index (χ1) is 9.75. The highest BCUT2D eigenvalue weighted by molar-refractivity contribution is 9.10. The Bertz CT molecular complexity index is 664. The molecule has 1 N–H and O–H groups in total. The topological polar surface area (TPSA) is 50.2 Å². The standard InChI is InChI=1S/C14H15BrN4O/c15-11-2-1-3-12(10-11)19-9-6-17-13(14(19)20)18-7-4-16-5-8-18/h1-3,6,9-10,16H,4-5,7-8H2. The maximum Gasteiger partial charge on any atom is 0.298 e. The lowest BCUT2D eigenvalue weighted by molar-refractivity contribution is 0.581. The van der Waals surface area contributed by atoms with Gasteiger partial charge in [0.25, 0.3) is 5.56 Å². The van der Waals surface area contributed by atoms with Gasteiger partial charge in [0.15, 0.2) is 5.82 Å². The summed E-state index contributed by atoms with van der Waals surface area (Å²) in [7, 11) is 0. The van der Waals surface area contributed by atoms with Crippen molar-refractivity contribution >= 4 is 21.7 Å². The molecule has 1 fully saturated rings. The van der Waals surface area contributed by atoms with E-state index in [1.165, 1.54) is 0 Å². The third-order valence-corrected chi connectivity index (χ3v) is 3.82. The average Bonchev–Trinajstić information content (AvgIpc) is 2.48. The minimum atomic E-state index is -0.0764. The molecule has 0 atom stereocenters. The highest BCUT2D eigenvalue weighted by Gasteiger charge is 2.16. The van der Waals surface area contributed by atoms with Gasteiger partial charge >= 0.3 is 0 Å². The molecule has 20 heavy (non-hydrogen) atoms. The molecule has 1 aromatic carbocycles. The van der Waals surface area contributed by atoms with Gasteiger partial charge in [0.1, 0.15) is 0 Å². The van der Waals surface area contributed by atoms with E-state index in [9.17, 15) is 4.79 Å². The van der Waals surface area contributed by atoms with Gasteiger partial charge in [-0.2, -0.15) is 0 Å². The zero-order valence-corrected chi connectivity index (χ0v) is 12.5. The summed E-state index contributed by atoms with van der Waals surface area (Å²) in [5.74, 6) is 0.522. The van der Waals surface area contributed by atoms with E-state index in [2.05, 4.69) is 26.2 Å². The quantitative estimate of drug-likeness (QED) is 0.902. The van der Waals surface area contributed by atoms with E-state index in [0.717, 1.165) is 36.3 Å². The summed E-state index contributed by atoms with van der Waals surface area (Å²) in [6, 6.07) is 7.68. The number of aromatic nitrogens is 2. The molecule has 0 saturated carbocycles. The lowest BCUT2D eigenvalue weighted by Gasteiger charge is -2.27. The van der Waals surface area contributed by atoms with Crippen LogP contribution in [0, 0.1) is 0 Å². The van der Waals surface area contributed by atoms with Crippen LogP contribution >= 0.6 is 15.9 Å². The fraction of sp³-hybridized carbons (Fsp3) is 0.286.